The average Bonchev–Trinajstić information content (AvgIpc) is 2.73. The molecule has 2 aromatic rings. The summed E-state index contributed by atoms with van der Waals surface area (Å²) in [5, 5.41) is 12.6. The topological polar surface area (TPSA) is 105 Å². The molecule has 0 radical (unpaired) electrons. The van der Waals surface area contributed by atoms with E-state index in [1.165, 1.54) is 24.3 Å². The molecule has 0 unspecified atom stereocenters. The van der Waals surface area contributed by atoms with Crippen LogP contribution in [0.15, 0.2) is 33.7 Å². The van der Waals surface area contributed by atoms with Crippen molar-refractivity contribution in [2.45, 2.75) is 18.4 Å². The van der Waals surface area contributed by atoms with Crippen LogP contribution in [0.3, 0.4) is 0 Å². The molecule has 7 nitrogen and oxygen atoms in total. The van der Waals surface area contributed by atoms with Crippen LogP contribution in [0.5, 0.6) is 5.75 Å². The van der Waals surface area contributed by atoms with Gasteiger partial charge in [0.25, 0.3) is 0 Å². The molecule has 0 saturated heterocycles. The fraction of sp³-hybridized carbons (Fsp3) is 0.200. The zero-order valence-electron chi connectivity index (χ0n) is 9.49. The summed E-state index contributed by atoms with van der Waals surface area (Å²) >= 11 is 0. The van der Waals surface area contributed by atoms with E-state index in [4.69, 9.17) is 9.63 Å². The first-order valence-electron chi connectivity index (χ1n) is 5.05. The van der Waals surface area contributed by atoms with E-state index in [2.05, 4.69) is 14.9 Å². The highest BCUT2D eigenvalue weighted by molar-refractivity contribution is 7.89. The Hall–Kier alpha value is -1.93. The minimum absolute atomic E-state index is 0.00137. The molecule has 18 heavy (non-hydrogen) atoms. The summed E-state index contributed by atoms with van der Waals surface area (Å²) in [6.45, 7) is 1.56. The third-order valence-corrected chi connectivity index (χ3v) is 3.55. The highest BCUT2D eigenvalue weighted by Crippen LogP contribution is 2.14. The zero-order chi connectivity index (χ0) is 13.2. The van der Waals surface area contributed by atoms with Gasteiger partial charge in [-0.2, -0.15) is 4.98 Å². The standard InChI is InChI=1S/C10H11N3O4S/c1-7-12-10(17-13-7)6-11-18(15,16)9-4-2-8(14)3-5-9/h2-5,11,14H,6H2,1H3. The first-order valence-corrected chi connectivity index (χ1v) is 6.53. The number of hydrogen-bond donors (Lipinski definition) is 2. The zero-order valence-corrected chi connectivity index (χ0v) is 10.3. The molecule has 0 bridgehead atoms. The fourth-order valence-electron chi connectivity index (χ4n) is 1.28. The summed E-state index contributed by atoms with van der Waals surface area (Å²) < 4.78 is 30.8. The van der Waals surface area contributed by atoms with E-state index in [1.54, 1.807) is 6.92 Å². The number of phenols is 1. The van der Waals surface area contributed by atoms with Crippen molar-refractivity contribution in [1.29, 1.82) is 0 Å². The van der Waals surface area contributed by atoms with Crippen molar-refractivity contribution in [1.82, 2.24) is 14.9 Å². The number of benzene rings is 1. The predicted molar refractivity (Wildman–Crippen MR) is 61.2 cm³/mol. The molecule has 2 rings (SSSR count). The second-order valence-corrected chi connectivity index (χ2v) is 5.32. The number of nitrogens with one attached hydrogen (secondary N) is 1. The quantitative estimate of drug-likeness (QED) is 0.840. The number of aryl methyl sites for hydroxylation is 1. The molecule has 0 spiro atoms. The lowest BCUT2D eigenvalue weighted by atomic mass is 10.3. The first kappa shape index (κ1) is 12.5. The second-order valence-electron chi connectivity index (χ2n) is 3.55. The predicted octanol–water partition coefficient (Wildman–Crippen LogP) is 0.562. The molecule has 96 valence electrons. The van der Waals surface area contributed by atoms with Crippen molar-refractivity contribution in [2.75, 3.05) is 0 Å². The van der Waals surface area contributed by atoms with Crippen LogP contribution in [0.2, 0.25) is 0 Å². The van der Waals surface area contributed by atoms with Gasteiger partial charge in [0, 0.05) is 0 Å². The molecule has 2 N–H and O–H groups in total. The highest BCUT2D eigenvalue weighted by Gasteiger charge is 2.15. The Labute approximate surface area is 104 Å². The molecule has 1 aromatic carbocycles. The van der Waals surface area contributed by atoms with E-state index in [0.717, 1.165) is 0 Å². The molecule has 0 atom stereocenters. The molecule has 8 heteroatoms. The average molecular weight is 269 g/mol. The SMILES string of the molecule is Cc1noc(CNS(=O)(=O)c2ccc(O)cc2)n1. The van der Waals surface area contributed by atoms with Crippen molar-refractivity contribution in [2.24, 2.45) is 0 Å². The summed E-state index contributed by atoms with van der Waals surface area (Å²) in [6, 6.07) is 5.20. The van der Waals surface area contributed by atoms with Crippen molar-refractivity contribution in [3.63, 3.8) is 0 Å². The van der Waals surface area contributed by atoms with Crippen molar-refractivity contribution in [3.05, 3.63) is 36.0 Å². The minimum Gasteiger partial charge on any atom is -0.508 e. The van der Waals surface area contributed by atoms with Crippen LogP contribution < -0.4 is 4.72 Å². The third kappa shape index (κ3) is 2.84. The Bertz CT molecular complexity index is 633. The normalized spacial score (nSPS) is 11.6. The maximum atomic E-state index is 11.8. The Kier molecular flexibility index (Phi) is 3.30. The minimum atomic E-state index is -3.65. The summed E-state index contributed by atoms with van der Waals surface area (Å²) in [7, 11) is -3.65. The van der Waals surface area contributed by atoms with Gasteiger partial charge < -0.3 is 9.63 Å². The van der Waals surface area contributed by atoms with Gasteiger partial charge in [0.15, 0.2) is 5.82 Å². The lowest BCUT2D eigenvalue weighted by Crippen LogP contribution is -2.23. The van der Waals surface area contributed by atoms with Crippen LogP contribution in [0.4, 0.5) is 0 Å². The molecule has 0 aliphatic carbocycles. The van der Waals surface area contributed by atoms with Gasteiger partial charge in [0.2, 0.25) is 15.9 Å². The molecular weight excluding hydrogens is 258 g/mol. The van der Waals surface area contributed by atoms with Crippen molar-refractivity contribution >= 4 is 10.0 Å². The van der Waals surface area contributed by atoms with Crippen LogP contribution in [-0.4, -0.2) is 23.7 Å². The monoisotopic (exact) mass is 269 g/mol. The number of phenolic OH excluding ortho intramolecular Hbond substituents is 1. The number of rotatable bonds is 4. The van der Waals surface area contributed by atoms with E-state index in [1.807, 2.05) is 0 Å². The number of aromatic hydroxyl groups is 1. The molecule has 0 saturated carbocycles. The van der Waals surface area contributed by atoms with E-state index in [0.29, 0.717) is 5.82 Å². The number of hydrogen-bond acceptors (Lipinski definition) is 6. The third-order valence-electron chi connectivity index (χ3n) is 2.13. The van der Waals surface area contributed by atoms with Gasteiger partial charge in [0.1, 0.15) is 5.75 Å². The summed E-state index contributed by atoms with van der Waals surface area (Å²) in [5.41, 5.74) is 0. The number of nitrogens with zero attached hydrogens (tertiary/aromatic N) is 2. The molecule has 0 amide bonds. The van der Waals surface area contributed by atoms with E-state index < -0.39 is 10.0 Å². The Balaban J connectivity index is 2.10. The van der Waals surface area contributed by atoms with Gasteiger partial charge in [-0.3, -0.25) is 0 Å². The largest absolute Gasteiger partial charge is 0.508 e. The Morgan fingerprint density at radius 1 is 1.33 bits per heavy atom. The van der Waals surface area contributed by atoms with Gasteiger partial charge in [-0.05, 0) is 31.2 Å². The molecule has 1 heterocycles. The Morgan fingerprint density at radius 2 is 2.00 bits per heavy atom. The smallest absolute Gasteiger partial charge is 0.241 e. The lowest BCUT2D eigenvalue weighted by Gasteiger charge is -2.04. The first-order chi connectivity index (χ1) is 8.47. The molecule has 1 aromatic heterocycles. The summed E-state index contributed by atoms with van der Waals surface area (Å²) in [6.07, 6.45) is 0. The highest BCUT2D eigenvalue weighted by atomic mass is 32.2. The lowest BCUT2D eigenvalue weighted by molar-refractivity contribution is 0.372. The fourth-order valence-corrected chi connectivity index (χ4v) is 2.25. The summed E-state index contributed by atoms with van der Waals surface area (Å²) in [4.78, 5) is 3.93. The maximum Gasteiger partial charge on any atom is 0.241 e. The van der Waals surface area contributed by atoms with Gasteiger partial charge in [-0.1, -0.05) is 5.16 Å². The summed E-state index contributed by atoms with van der Waals surface area (Å²) in [5.74, 6) is 0.630. The van der Waals surface area contributed by atoms with Crippen molar-refractivity contribution < 1.29 is 18.0 Å². The molecule has 0 aliphatic heterocycles. The number of aromatic nitrogens is 2. The van der Waals surface area contributed by atoms with Crippen LogP contribution in [0.25, 0.3) is 0 Å². The van der Waals surface area contributed by atoms with Gasteiger partial charge in [-0.25, -0.2) is 13.1 Å². The van der Waals surface area contributed by atoms with Crippen LogP contribution in [0, 0.1) is 6.92 Å². The molecule has 0 aliphatic rings. The van der Waals surface area contributed by atoms with E-state index >= 15 is 0 Å². The van der Waals surface area contributed by atoms with Gasteiger partial charge in [-0.15, -0.1) is 0 Å². The van der Waals surface area contributed by atoms with Crippen LogP contribution >= 0.6 is 0 Å². The van der Waals surface area contributed by atoms with Crippen LogP contribution in [-0.2, 0) is 16.6 Å². The second kappa shape index (κ2) is 4.75. The van der Waals surface area contributed by atoms with Crippen molar-refractivity contribution in [3.8, 4) is 5.75 Å². The van der Waals surface area contributed by atoms with E-state index in [-0.39, 0.29) is 23.1 Å². The van der Waals surface area contributed by atoms with E-state index in [9.17, 15) is 8.42 Å². The molecular formula is C10H11N3O4S. The van der Waals surface area contributed by atoms with Gasteiger partial charge in [0.05, 0.1) is 11.4 Å². The molecule has 0 fully saturated rings. The van der Waals surface area contributed by atoms with Crippen LogP contribution in [0.1, 0.15) is 11.7 Å². The Morgan fingerprint density at radius 3 is 2.56 bits per heavy atom. The maximum absolute atomic E-state index is 11.8. The van der Waals surface area contributed by atoms with Gasteiger partial charge >= 0.3 is 0 Å². The number of sulfonamides is 1.